The minimum absolute atomic E-state index is 0.0145. The minimum atomic E-state index is -0.978. The van der Waals surface area contributed by atoms with Crippen LogP contribution in [0.25, 0.3) is 0 Å². The van der Waals surface area contributed by atoms with Crippen molar-refractivity contribution < 1.29 is 14.6 Å². The Balaban J connectivity index is 2.75. The molecular formula is C12H16ClNO3. The summed E-state index contributed by atoms with van der Waals surface area (Å²) in [6.45, 7) is 5.00. The molecule has 0 saturated carbocycles. The summed E-state index contributed by atoms with van der Waals surface area (Å²) < 4.78 is 5.35. The molecule has 1 aromatic rings. The second kappa shape index (κ2) is 6.47. The Morgan fingerprint density at radius 1 is 1.59 bits per heavy atom. The highest BCUT2D eigenvalue weighted by atomic mass is 35.5. The van der Waals surface area contributed by atoms with Gasteiger partial charge in [0.2, 0.25) is 0 Å². The number of nitrogens with one attached hydrogen (secondary N) is 1. The summed E-state index contributed by atoms with van der Waals surface area (Å²) in [6.07, 6.45) is 0.0145. The molecule has 0 fully saturated rings. The molecule has 5 heteroatoms. The van der Waals surface area contributed by atoms with Gasteiger partial charge < -0.3 is 15.2 Å². The second-order valence-corrected chi connectivity index (χ2v) is 4.08. The monoisotopic (exact) mass is 257 g/mol. The molecule has 94 valence electrons. The zero-order valence-electron chi connectivity index (χ0n) is 9.87. The molecule has 0 bridgehead atoms. The van der Waals surface area contributed by atoms with Crippen LogP contribution in [0.1, 0.15) is 24.2 Å². The maximum absolute atomic E-state index is 11.0. The van der Waals surface area contributed by atoms with Gasteiger partial charge in [-0.1, -0.05) is 11.6 Å². The van der Waals surface area contributed by atoms with E-state index in [9.17, 15) is 4.79 Å². The van der Waals surface area contributed by atoms with E-state index in [-0.39, 0.29) is 11.7 Å². The highest BCUT2D eigenvalue weighted by molar-refractivity contribution is 6.31. The molecule has 0 radical (unpaired) electrons. The van der Waals surface area contributed by atoms with Crippen LogP contribution in [0.15, 0.2) is 18.2 Å². The lowest BCUT2D eigenvalue weighted by molar-refractivity contribution is 0.0696. The first-order valence-corrected chi connectivity index (χ1v) is 5.80. The van der Waals surface area contributed by atoms with Crippen molar-refractivity contribution in [2.75, 3.05) is 18.5 Å². The van der Waals surface area contributed by atoms with E-state index in [2.05, 4.69) is 5.32 Å². The Bertz CT molecular complexity index is 395. The van der Waals surface area contributed by atoms with Crippen molar-refractivity contribution in [3.63, 3.8) is 0 Å². The van der Waals surface area contributed by atoms with E-state index < -0.39 is 5.97 Å². The number of carboxylic acid groups (broad SMARTS) is 1. The topological polar surface area (TPSA) is 58.6 Å². The smallest absolute Gasteiger partial charge is 0.337 e. The third kappa shape index (κ3) is 4.24. The van der Waals surface area contributed by atoms with Gasteiger partial charge in [-0.05, 0) is 32.0 Å². The molecule has 2 N–H and O–H groups in total. The molecule has 0 heterocycles. The SMILES string of the molecule is CCOC(C)CNc1cc(Cl)ccc1C(=O)O. The zero-order valence-corrected chi connectivity index (χ0v) is 10.6. The Morgan fingerprint density at radius 3 is 2.88 bits per heavy atom. The summed E-state index contributed by atoms with van der Waals surface area (Å²) in [6, 6.07) is 4.64. The van der Waals surface area contributed by atoms with E-state index in [1.807, 2.05) is 13.8 Å². The second-order valence-electron chi connectivity index (χ2n) is 3.64. The molecule has 0 saturated heterocycles. The van der Waals surface area contributed by atoms with E-state index in [0.29, 0.717) is 23.9 Å². The highest BCUT2D eigenvalue weighted by Crippen LogP contribution is 2.21. The maximum Gasteiger partial charge on any atom is 0.337 e. The zero-order chi connectivity index (χ0) is 12.8. The highest BCUT2D eigenvalue weighted by Gasteiger charge is 2.11. The predicted octanol–water partition coefficient (Wildman–Crippen LogP) is 2.88. The van der Waals surface area contributed by atoms with Crippen LogP contribution in [0, 0.1) is 0 Å². The standard InChI is InChI=1S/C12H16ClNO3/c1-3-17-8(2)7-14-11-6-9(13)4-5-10(11)12(15)16/h4-6,8,14H,3,7H2,1-2H3,(H,15,16). The van der Waals surface area contributed by atoms with Crippen molar-refractivity contribution in [2.24, 2.45) is 0 Å². The first-order valence-electron chi connectivity index (χ1n) is 5.43. The van der Waals surface area contributed by atoms with Gasteiger partial charge in [0.05, 0.1) is 17.4 Å². The Hall–Kier alpha value is -1.26. The molecule has 0 aliphatic rings. The molecule has 1 unspecified atom stereocenters. The van der Waals surface area contributed by atoms with Crippen LogP contribution < -0.4 is 5.32 Å². The molecule has 17 heavy (non-hydrogen) atoms. The Morgan fingerprint density at radius 2 is 2.29 bits per heavy atom. The quantitative estimate of drug-likeness (QED) is 0.823. The molecular weight excluding hydrogens is 242 g/mol. The van der Waals surface area contributed by atoms with Gasteiger partial charge in [-0.3, -0.25) is 0 Å². The molecule has 4 nitrogen and oxygen atoms in total. The van der Waals surface area contributed by atoms with Crippen LogP contribution in [-0.2, 0) is 4.74 Å². The number of carboxylic acids is 1. The summed E-state index contributed by atoms with van der Waals surface area (Å²) in [7, 11) is 0. The van der Waals surface area contributed by atoms with Gasteiger partial charge in [0, 0.05) is 18.2 Å². The van der Waals surface area contributed by atoms with Crippen LogP contribution in [0.4, 0.5) is 5.69 Å². The van der Waals surface area contributed by atoms with Crippen molar-refractivity contribution in [1.29, 1.82) is 0 Å². The van der Waals surface area contributed by atoms with Crippen molar-refractivity contribution in [2.45, 2.75) is 20.0 Å². The van der Waals surface area contributed by atoms with Crippen LogP contribution in [0.2, 0.25) is 5.02 Å². The van der Waals surface area contributed by atoms with Gasteiger partial charge in [0.15, 0.2) is 0 Å². The third-order valence-corrected chi connectivity index (χ3v) is 2.48. The van der Waals surface area contributed by atoms with Crippen LogP contribution in [-0.4, -0.2) is 30.3 Å². The van der Waals surface area contributed by atoms with Crippen LogP contribution in [0.5, 0.6) is 0 Å². The van der Waals surface area contributed by atoms with E-state index >= 15 is 0 Å². The fraction of sp³-hybridized carbons (Fsp3) is 0.417. The van der Waals surface area contributed by atoms with Gasteiger partial charge >= 0.3 is 5.97 Å². The Labute approximate surface area is 106 Å². The average molecular weight is 258 g/mol. The van der Waals surface area contributed by atoms with Crippen molar-refractivity contribution in [1.82, 2.24) is 0 Å². The maximum atomic E-state index is 11.0. The third-order valence-electron chi connectivity index (χ3n) is 2.24. The molecule has 0 spiro atoms. The fourth-order valence-electron chi connectivity index (χ4n) is 1.45. The summed E-state index contributed by atoms with van der Waals surface area (Å²) in [5.74, 6) is -0.978. The number of aromatic carboxylic acids is 1. The summed E-state index contributed by atoms with van der Waals surface area (Å²) in [5, 5.41) is 12.5. The normalized spacial score (nSPS) is 12.2. The lowest BCUT2D eigenvalue weighted by Gasteiger charge is -2.15. The number of hydrogen-bond acceptors (Lipinski definition) is 3. The van der Waals surface area contributed by atoms with Crippen molar-refractivity contribution in [3.05, 3.63) is 28.8 Å². The van der Waals surface area contributed by atoms with E-state index in [1.54, 1.807) is 12.1 Å². The number of rotatable bonds is 6. The predicted molar refractivity (Wildman–Crippen MR) is 68.0 cm³/mol. The van der Waals surface area contributed by atoms with E-state index in [0.717, 1.165) is 0 Å². The number of ether oxygens (including phenoxy) is 1. The first kappa shape index (κ1) is 13.8. The molecule has 1 rings (SSSR count). The summed E-state index contributed by atoms with van der Waals surface area (Å²) in [5.41, 5.74) is 0.717. The number of benzene rings is 1. The molecule has 1 atom stereocenters. The number of carbonyl (C=O) groups is 1. The molecule has 1 aromatic carbocycles. The molecule has 0 amide bonds. The van der Waals surface area contributed by atoms with Gasteiger partial charge in [-0.15, -0.1) is 0 Å². The number of anilines is 1. The fourth-order valence-corrected chi connectivity index (χ4v) is 1.62. The van der Waals surface area contributed by atoms with Crippen LogP contribution >= 0.6 is 11.6 Å². The number of hydrogen-bond donors (Lipinski definition) is 2. The van der Waals surface area contributed by atoms with Gasteiger partial charge in [-0.25, -0.2) is 4.79 Å². The summed E-state index contributed by atoms with van der Waals surface area (Å²) in [4.78, 5) is 11.0. The Kier molecular flexibility index (Phi) is 5.25. The van der Waals surface area contributed by atoms with Crippen molar-refractivity contribution in [3.8, 4) is 0 Å². The van der Waals surface area contributed by atoms with Gasteiger partial charge in [-0.2, -0.15) is 0 Å². The minimum Gasteiger partial charge on any atom is -0.478 e. The van der Waals surface area contributed by atoms with Gasteiger partial charge in [0.25, 0.3) is 0 Å². The molecule has 0 aliphatic heterocycles. The average Bonchev–Trinajstić information content (AvgIpc) is 2.26. The van der Waals surface area contributed by atoms with Crippen LogP contribution in [0.3, 0.4) is 0 Å². The number of halogens is 1. The summed E-state index contributed by atoms with van der Waals surface area (Å²) >= 11 is 5.83. The lowest BCUT2D eigenvalue weighted by Crippen LogP contribution is -2.20. The van der Waals surface area contributed by atoms with E-state index in [4.69, 9.17) is 21.4 Å². The lowest BCUT2D eigenvalue weighted by atomic mass is 10.1. The first-order chi connectivity index (χ1) is 8.04. The van der Waals surface area contributed by atoms with E-state index in [1.165, 1.54) is 6.07 Å². The molecule has 0 aliphatic carbocycles. The van der Waals surface area contributed by atoms with Gasteiger partial charge in [0.1, 0.15) is 0 Å². The molecule has 0 aromatic heterocycles. The largest absolute Gasteiger partial charge is 0.478 e. The van der Waals surface area contributed by atoms with Crippen molar-refractivity contribution >= 4 is 23.3 Å².